The van der Waals surface area contributed by atoms with Crippen molar-refractivity contribution in [3.05, 3.63) is 60.7 Å². The molecule has 1 nitrogen and oxygen atoms in total. The van der Waals surface area contributed by atoms with Crippen LogP contribution < -0.4 is 16.3 Å². The molecule has 1 saturated carbocycles. The van der Waals surface area contributed by atoms with Crippen molar-refractivity contribution in [1.29, 1.82) is 0 Å². The quantitative estimate of drug-likeness (QED) is 0.848. The van der Waals surface area contributed by atoms with Crippen molar-refractivity contribution in [2.75, 3.05) is 0 Å². The van der Waals surface area contributed by atoms with Gasteiger partial charge >= 0.3 is 0 Å². The van der Waals surface area contributed by atoms with Crippen LogP contribution in [0, 0.1) is 5.92 Å². The van der Waals surface area contributed by atoms with Crippen LogP contribution in [-0.2, 0) is 0 Å². The molecule has 2 heteroatoms. The third-order valence-corrected chi connectivity index (χ3v) is 8.38. The average Bonchev–Trinajstić information content (AvgIpc) is 2.92. The second-order valence-corrected chi connectivity index (χ2v) is 9.45. The number of hydrogen-bond acceptors (Lipinski definition) is 1. The van der Waals surface area contributed by atoms with Gasteiger partial charge in [-0.15, -0.1) is 0 Å². The lowest BCUT2D eigenvalue weighted by atomic mass is 9.91. The summed E-state index contributed by atoms with van der Waals surface area (Å²) in [6, 6.07) is 22.4. The van der Waals surface area contributed by atoms with Gasteiger partial charge in [-0.2, -0.15) is 0 Å². The molecule has 0 spiro atoms. The minimum Gasteiger partial charge on any atom is -0.328 e. The van der Waals surface area contributed by atoms with Crippen molar-refractivity contribution in [2.24, 2.45) is 11.7 Å². The van der Waals surface area contributed by atoms with Crippen LogP contribution in [0.4, 0.5) is 0 Å². The maximum Gasteiger partial charge on any atom is 0.00475 e. The third kappa shape index (κ3) is 2.85. The van der Waals surface area contributed by atoms with Crippen molar-refractivity contribution in [3.8, 4) is 0 Å². The van der Waals surface area contributed by atoms with Gasteiger partial charge in [0.15, 0.2) is 0 Å². The molecular formula is C20H26NP. The number of benzene rings is 2. The highest BCUT2D eigenvalue weighted by Gasteiger charge is 2.47. The Morgan fingerprint density at radius 1 is 1.00 bits per heavy atom. The summed E-state index contributed by atoms with van der Waals surface area (Å²) in [5, 5.41) is 3.27. The van der Waals surface area contributed by atoms with Crippen LogP contribution in [0.1, 0.15) is 33.1 Å². The second kappa shape index (κ2) is 6.52. The molecule has 3 atom stereocenters. The first-order valence-electron chi connectivity index (χ1n) is 8.29. The maximum absolute atomic E-state index is 6.38. The summed E-state index contributed by atoms with van der Waals surface area (Å²) >= 11 is 0. The van der Waals surface area contributed by atoms with Crippen molar-refractivity contribution in [2.45, 2.75) is 44.3 Å². The van der Waals surface area contributed by atoms with E-state index in [4.69, 9.17) is 5.73 Å². The Morgan fingerprint density at radius 3 is 1.95 bits per heavy atom. The molecule has 116 valence electrons. The lowest BCUT2D eigenvalue weighted by molar-refractivity contribution is 0.390. The Hall–Kier alpha value is -1.17. The molecule has 0 amide bonds. The van der Waals surface area contributed by atoms with Crippen LogP contribution in [-0.4, -0.2) is 11.2 Å². The van der Waals surface area contributed by atoms with Crippen LogP contribution in [0.15, 0.2) is 60.7 Å². The van der Waals surface area contributed by atoms with Gasteiger partial charge < -0.3 is 5.73 Å². The third-order valence-electron chi connectivity index (χ3n) is 5.17. The molecular weight excluding hydrogens is 285 g/mol. The summed E-state index contributed by atoms with van der Waals surface area (Å²) in [6.45, 7) is 4.68. The van der Waals surface area contributed by atoms with Crippen LogP contribution in [0.2, 0.25) is 0 Å². The topological polar surface area (TPSA) is 26.0 Å². The molecule has 0 aromatic heterocycles. The molecule has 3 rings (SSSR count). The lowest BCUT2D eigenvalue weighted by Crippen LogP contribution is -2.43. The van der Waals surface area contributed by atoms with E-state index in [1.807, 2.05) is 0 Å². The first-order chi connectivity index (χ1) is 10.6. The predicted octanol–water partition coefficient (Wildman–Crippen LogP) is 4.03. The largest absolute Gasteiger partial charge is 0.328 e. The van der Waals surface area contributed by atoms with Gasteiger partial charge in [0.1, 0.15) is 0 Å². The highest BCUT2D eigenvalue weighted by molar-refractivity contribution is 7.74. The fourth-order valence-electron chi connectivity index (χ4n) is 4.18. The molecule has 1 aliphatic carbocycles. The van der Waals surface area contributed by atoms with E-state index in [1.165, 1.54) is 29.9 Å². The molecule has 22 heavy (non-hydrogen) atoms. The summed E-state index contributed by atoms with van der Waals surface area (Å²) in [5.74, 6) is 0.610. The van der Waals surface area contributed by atoms with Gasteiger partial charge in [0.2, 0.25) is 0 Å². The lowest BCUT2D eigenvalue weighted by Gasteiger charge is -2.42. The van der Waals surface area contributed by atoms with E-state index in [0.29, 0.717) is 11.1 Å². The zero-order valence-electron chi connectivity index (χ0n) is 13.6. The molecule has 2 N–H and O–H groups in total. The monoisotopic (exact) mass is 311 g/mol. The van der Waals surface area contributed by atoms with Crippen LogP contribution >= 0.6 is 7.92 Å². The minimum atomic E-state index is -0.386. The molecule has 2 aromatic carbocycles. The molecule has 2 aromatic rings. The van der Waals surface area contributed by atoms with E-state index in [9.17, 15) is 0 Å². The molecule has 1 unspecified atom stereocenters. The van der Waals surface area contributed by atoms with Crippen molar-refractivity contribution in [3.63, 3.8) is 0 Å². The molecule has 0 heterocycles. The predicted molar refractivity (Wildman–Crippen MR) is 98.5 cm³/mol. The Labute approximate surface area is 135 Å². The standard InChI is InChI=1S/C20H26NP/c1-16(21)19-14-9-15-20(19,2)22(17-10-5-3-6-11-17)18-12-7-4-8-13-18/h3-8,10-13,16,19H,9,14-15,21H2,1-2H3/t16-,19+,20?/m1/s1. The molecule has 0 radical (unpaired) electrons. The highest BCUT2D eigenvalue weighted by atomic mass is 31.1. The SMILES string of the molecule is C[C@@H](N)[C@@H]1CCCC1(C)P(c1ccccc1)c1ccccc1. The highest BCUT2D eigenvalue weighted by Crippen LogP contribution is 2.59. The van der Waals surface area contributed by atoms with Gasteiger partial charge in [-0.05, 0) is 44.2 Å². The number of nitrogens with two attached hydrogens (primary N) is 1. The van der Waals surface area contributed by atoms with Gasteiger partial charge in [0, 0.05) is 11.2 Å². The fraction of sp³-hybridized carbons (Fsp3) is 0.400. The Bertz CT molecular complexity index is 556. The summed E-state index contributed by atoms with van der Waals surface area (Å²) < 4.78 is 0. The van der Waals surface area contributed by atoms with Crippen LogP contribution in [0.25, 0.3) is 0 Å². The number of rotatable bonds is 4. The van der Waals surface area contributed by atoms with E-state index >= 15 is 0 Å². The Morgan fingerprint density at radius 2 is 1.50 bits per heavy atom. The van der Waals surface area contributed by atoms with Crippen LogP contribution in [0.3, 0.4) is 0 Å². The van der Waals surface area contributed by atoms with Crippen molar-refractivity contribution >= 4 is 18.5 Å². The van der Waals surface area contributed by atoms with E-state index in [-0.39, 0.29) is 14.0 Å². The molecule has 1 fully saturated rings. The average molecular weight is 311 g/mol. The van der Waals surface area contributed by atoms with Gasteiger partial charge in [-0.3, -0.25) is 0 Å². The fourth-order valence-corrected chi connectivity index (χ4v) is 7.67. The first-order valence-corrected chi connectivity index (χ1v) is 9.63. The van der Waals surface area contributed by atoms with Crippen molar-refractivity contribution in [1.82, 2.24) is 0 Å². The molecule has 0 saturated heterocycles. The minimum absolute atomic E-state index is 0.268. The summed E-state index contributed by atoms with van der Waals surface area (Å²) in [5.41, 5.74) is 6.38. The van der Waals surface area contributed by atoms with Gasteiger partial charge in [-0.1, -0.05) is 74.0 Å². The van der Waals surface area contributed by atoms with E-state index in [0.717, 1.165) is 0 Å². The summed E-state index contributed by atoms with van der Waals surface area (Å²) in [6.07, 6.45) is 3.86. The maximum atomic E-state index is 6.38. The van der Waals surface area contributed by atoms with E-state index in [2.05, 4.69) is 74.5 Å². The Kier molecular flexibility index (Phi) is 4.66. The summed E-state index contributed by atoms with van der Waals surface area (Å²) in [4.78, 5) is 0. The normalized spacial score (nSPS) is 26.3. The second-order valence-electron chi connectivity index (χ2n) is 6.72. The Balaban J connectivity index is 2.10. The van der Waals surface area contributed by atoms with Crippen molar-refractivity contribution < 1.29 is 0 Å². The van der Waals surface area contributed by atoms with Crippen LogP contribution in [0.5, 0.6) is 0 Å². The zero-order chi connectivity index (χ0) is 15.6. The molecule has 1 aliphatic rings. The first kappa shape index (κ1) is 15.7. The number of hydrogen-bond donors (Lipinski definition) is 1. The van der Waals surface area contributed by atoms with Gasteiger partial charge in [-0.25, -0.2) is 0 Å². The van der Waals surface area contributed by atoms with Gasteiger partial charge in [0.25, 0.3) is 0 Å². The van der Waals surface area contributed by atoms with E-state index in [1.54, 1.807) is 0 Å². The molecule has 0 bridgehead atoms. The zero-order valence-corrected chi connectivity index (χ0v) is 14.5. The van der Waals surface area contributed by atoms with E-state index < -0.39 is 0 Å². The molecule has 0 aliphatic heterocycles. The summed E-state index contributed by atoms with van der Waals surface area (Å²) in [7, 11) is -0.386. The van der Waals surface area contributed by atoms with Gasteiger partial charge in [0.05, 0.1) is 0 Å². The smallest absolute Gasteiger partial charge is 0.00475 e.